The molecule has 0 spiro atoms. The predicted molar refractivity (Wildman–Crippen MR) is 114 cm³/mol. The molecule has 5 nitrogen and oxygen atoms in total. The lowest BCUT2D eigenvalue weighted by atomic mass is 9.96. The summed E-state index contributed by atoms with van der Waals surface area (Å²) in [5.41, 5.74) is 2.27. The minimum absolute atomic E-state index is 0.0121. The van der Waals surface area contributed by atoms with Gasteiger partial charge in [-0.25, -0.2) is 0 Å². The Morgan fingerprint density at radius 2 is 1.72 bits per heavy atom. The Hall–Kier alpha value is -2.82. The first-order valence-electron chi connectivity index (χ1n) is 10.5. The molecule has 1 aliphatic rings. The minimum Gasteiger partial charge on any atom is -0.483 e. The van der Waals surface area contributed by atoms with Gasteiger partial charge in [-0.05, 0) is 36.5 Å². The van der Waals surface area contributed by atoms with Gasteiger partial charge in [-0.3, -0.25) is 9.59 Å². The zero-order chi connectivity index (χ0) is 20.5. The van der Waals surface area contributed by atoms with Gasteiger partial charge < -0.3 is 15.0 Å². The Bertz CT molecular complexity index is 799. The van der Waals surface area contributed by atoms with Crippen LogP contribution in [0, 0.1) is 5.92 Å². The molecule has 1 heterocycles. The van der Waals surface area contributed by atoms with Gasteiger partial charge in [0.1, 0.15) is 5.75 Å². The van der Waals surface area contributed by atoms with Crippen LogP contribution in [0.3, 0.4) is 0 Å². The topological polar surface area (TPSA) is 58.6 Å². The van der Waals surface area contributed by atoms with Crippen LogP contribution < -0.4 is 10.1 Å². The number of nitrogens with zero attached hydrogens (tertiary/aromatic N) is 1. The molecule has 154 valence electrons. The molecule has 1 N–H and O–H groups in total. The first-order valence-corrected chi connectivity index (χ1v) is 10.5. The molecular formula is C24H30N2O3. The van der Waals surface area contributed by atoms with Crippen molar-refractivity contribution in [2.24, 2.45) is 5.92 Å². The summed E-state index contributed by atoms with van der Waals surface area (Å²) in [6, 6.07) is 18.1. The van der Waals surface area contributed by atoms with Crippen molar-refractivity contribution in [3.8, 4) is 5.75 Å². The van der Waals surface area contributed by atoms with E-state index in [0.717, 1.165) is 24.2 Å². The van der Waals surface area contributed by atoms with Gasteiger partial charge in [0.15, 0.2) is 6.61 Å². The van der Waals surface area contributed by atoms with Gasteiger partial charge in [-0.1, -0.05) is 55.5 Å². The summed E-state index contributed by atoms with van der Waals surface area (Å²) >= 11 is 0. The highest BCUT2D eigenvalue weighted by atomic mass is 16.5. The van der Waals surface area contributed by atoms with E-state index in [1.807, 2.05) is 54.3 Å². The average molecular weight is 395 g/mol. The van der Waals surface area contributed by atoms with Crippen LogP contribution in [0.4, 0.5) is 0 Å². The van der Waals surface area contributed by atoms with E-state index in [-0.39, 0.29) is 24.3 Å². The Balaban J connectivity index is 1.50. The maximum atomic E-state index is 12.6. The monoisotopic (exact) mass is 394 g/mol. The number of hydrogen-bond acceptors (Lipinski definition) is 3. The van der Waals surface area contributed by atoms with Crippen LogP contribution in [0.25, 0.3) is 0 Å². The Labute approximate surface area is 173 Å². The molecule has 0 saturated carbocycles. The molecule has 0 bridgehead atoms. The normalized spacial score (nSPS) is 14.4. The average Bonchev–Trinajstić information content (AvgIpc) is 2.77. The van der Waals surface area contributed by atoms with E-state index >= 15 is 0 Å². The molecular weight excluding hydrogens is 364 g/mol. The molecule has 0 aromatic heterocycles. The van der Waals surface area contributed by atoms with E-state index in [1.54, 1.807) is 0 Å². The smallest absolute Gasteiger partial charge is 0.260 e. The van der Waals surface area contributed by atoms with Crippen molar-refractivity contribution in [2.45, 2.75) is 32.6 Å². The molecule has 1 aliphatic heterocycles. The van der Waals surface area contributed by atoms with Crippen LogP contribution in [0.2, 0.25) is 0 Å². The van der Waals surface area contributed by atoms with E-state index in [1.165, 1.54) is 5.56 Å². The number of carbonyl (C=O) groups excluding carboxylic acids is 2. The molecule has 2 amide bonds. The lowest BCUT2D eigenvalue weighted by Gasteiger charge is -2.31. The molecule has 29 heavy (non-hydrogen) atoms. The molecule has 2 aromatic rings. The number of para-hydroxylation sites is 1. The Morgan fingerprint density at radius 3 is 2.45 bits per heavy atom. The van der Waals surface area contributed by atoms with Crippen molar-refractivity contribution in [3.63, 3.8) is 0 Å². The lowest BCUT2D eigenvalue weighted by Crippen LogP contribution is -2.44. The van der Waals surface area contributed by atoms with E-state index in [0.29, 0.717) is 32.5 Å². The van der Waals surface area contributed by atoms with Gasteiger partial charge in [0, 0.05) is 32.0 Å². The van der Waals surface area contributed by atoms with Crippen LogP contribution in [-0.4, -0.2) is 43.0 Å². The van der Waals surface area contributed by atoms with E-state index in [4.69, 9.17) is 4.74 Å². The van der Waals surface area contributed by atoms with Crippen LogP contribution in [0.15, 0.2) is 54.6 Å². The van der Waals surface area contributed by atoms with Gasteiger partial charge in [-0.2, -0.15) is 0 Å². The molecule has 2 aromatic carbocycles. The predicted octanol–water partition coefficient (Wildman–Crippen LogP) is 3.42. The summed E-state index contributed by atoms with van der Waals surface area (Å²) in [6.07, 6.45) is 3.13. The van der Waals surface area contributed by atoms with E-state index < -0.39 is 0 Å². The second-order valence-corrected chi connectivity index (χ2v) is 7.50. The van der Waals surface area contributed by atoms with Gasteiger partial charge >= 0.3 is 0 Å². The summed E-state index contributed by atoms with van der Waals surface area (Å²) in [5, 5.41) is 2.95. The number of benzene rings is 2. The molecule has 0 aliphatic carbocycles. The SMILES string of the molecule is CCCNC(=O)C1CCN(C(=O)COc2ccccc2Cc2ccccc2)CC1. The van der Waals surface area contributed by atoms with Gasteiger partial charge in [0.25, 0.3) is 5.91 Å². The van der Waals surface area contributed by atoms with E-state index in [2.05, 4.69) is 17.4 Å². The van der Waals surface area contributed by atoms with Gasteiger partial charge in [0.2, 0.25) is 5.91 Å². The highest BCUT2D eigenvalue weighted by Gasteiger charge is 2.27. The lowest BCUT2D eigenvalue weighted by molar-refractivity contribution is -0.137. The Kier molecular flexibility index (Phi) is 7.68. The number of amides is 2. The van der Waals surface area contributed by atoms with Crippen LogP contribution in [-0.2, 0) is 16.0 Å². The van der Waals surface area contributed by atoms with Crippen molar-refractivity contribution in [3.05, 3.63) is 65.7 Å². The van der Waals surface area contributed by atoms with Crippen molar-refractivity contribution < 1.29 is 14.3 Å². The third-order valence-corrected chi connectivity index (χ3v) is 5.33. The molecule has 0 atom stereocenters. The molecule has 1 saturated heterocycles. The third-order valence-electron chi connectivity index (χ3n) is 5.33. The first kappa shape index (κ1) is 20.9. The maximum Gasteiger partial charge on any atom is 0.260 e. The third kappa shape index (κ3) is 6.08. The fourth-order valence-corrected chi connectivity index (χ4v) is 3.62. The van der Waals surface area contributed by atoms with Crippen LogP contribution in [0.1, 0.15) is 37.3 Å². The largest absolute Gasteiger partial charge is 0.483 e. The molecule has 0 radical (unpaired) electrons. The molecule has 0 unspecified atom stereocenters. The van der Waals surface area contributed by atoms with Gasteiger partial charge in [-0.15, -0.1) is 0 Å². The van der Waals surface area contributed by atoms with Crippen LogP contribution in [0.5, 0.6) is 5.75 Å². The quantitative estimate of drug-likeness (QED) is 0.746. The number of ether oxygens (including phenoxy) is 1. The summed E-state index contributed by atoms with van der Waals surface area (Å²) in [5.74, 6) is 0.855. The fourth-order valence-electron chi connectivity index (χ4n) is 3.62. The summed E-state index contributed by atoms with van der Waals surface area (Å²) in [7, 11) is 0. The maximum absolute atomic E-state index is 12.6. The first-order chi connectivity index (χ1) is 14.2. The minimum atomic E-state index is -0.0214. The molecule has 1 fully saturated rings. The molecule has 5 heteroatoms. The number of likely N-dealkylation sites (tertiary alicyclic amines) is 1. The fraction of sp³-hybridized carbons (Fsp3) is 0.417. The zero-order valence-corrected chi connectivity index (χ0v) is 17.1. The zero-order valence-electron chi connectivity index (χ0n) is 17.1. The highest BCUT2D eigenvalue weighted by molar-refractivity contribution is 5.80. The summed E-state index contributed by atoms with van der Waals surface area (Å²) < 4.78 is 5.88. The van der Waals surface area contributed by atoms with Crippen molar-refractivity contribution >= 4 is 11.8 Å². The second kappa shape index (κ2) is 10.6. The molecule has 3 rings (SSSR count). The van der Waals surface area contributed by atoms with Crippen molar-refractivity contribution in [2.75, 3.05) is 26.2 Å². The number of hydrogen-bond donors (Lipinski definition) is 1. The summed E-state index contributed by atoms with van der Waals surface area (Å²) in [4.78, 5) is 26.5. The summed E-state index contributed by atoms with van der Waals surface area (Å²) in [6.45, 7) is 4.00. The second-order valence-electron chi connectivity index (χ2n) is 7.50. The van der Waals surface area contributed by atoms with Crippen molar-refractivity contribution in [1.82, 2.24) is 10.2 Å². The Morgan fingerprint density at radius 1 is 1.03 bits per heavy atom. The van der Waals surface area contributed by atoms with Gasteiger partial charge in [0.05, 0.1) is 0 Å². The number of piperidine rings is 1. The number of rotatable bonds is 8. The van der Waals surface area contributed by atoms with Crippen molar-refractivity contribution in [1.29, 1.82) is 0 Å². The number of carbonyl (C=O) groups is 2. The van der Waals surface area contributed by atoms with E-state index in [9.17, 15) is 9.59 Å². The van der Waals surface area contributed by atoms with Crippen LogP contribution >= 0.6 is 0 Å². The number of nitrogens with one attached hydrogen (secondary N) is 1. The highest BCUT2D eigenvalue weighted by Crippen LogP contribution is 2.22. The standard InChI is InChI=1S/C24H30N2O3/c1-2-14-25-24(28)20-12-15-26(16-13-20)23(27)18-29-22-11-7-6-10-21(22)17-19-8-4-3-5-9-19/h3-11,20H,2,12-18H2,1H3,(H,25,28).